The molecule has 0 bridgehead atoms. The largest absolute Gasteiger partial charge is 0.307 e. The Hall–Kier alpha value is -0.0400. The zero-order valence-corrected chi connectivity index (χ0v) is 4.86. The Morgan fingerprint density at radius 3 is 2.14 bits per heavy atom. The molecule has 1 saturated heterocycles. The van der Waals surface area contributed by atoms with E-state index in [1.54, 1.807) is 0 Å². The Morgan fingerprint density at radius 1 is 1.57 bits per heavy atom. The van der Waals surface area contributed by atoms with Crippen molar-refractivity contribution in [3.05, 3.63) is 0 Å². The summed E-state index contributed by atoms with van der Waals surface area (Å²) in [6.45, 7) is 4.63. The van der Waals surface area contributed by atoms with Gasteiger partial charge in [0.1, 0.15) is 0 Å². The molecule has 2 unspecified atom stereocenters. The molecule has 1 heteroatoms. The van der Waals surface area contributed by atoms with Gasteiger partial charge in [0.15, 0.2) is 0 Å². The normalized spacial score (nSPS) is 64.3. The van der Waals surface area contributed by atoms with Gasteiger partial charge in [0.2, 0.25) is 0 Å². The van der Waals surface area contributed by atoms with E-state index in [0.29, 0.717) is 0 Å². The third-order valence-electron chi connectivity index (χ3n) is 2.66. The maximum atomic E-state index is 3.34. The summed E-state index contributed by atoms with van der Waals surface area (Å²) in [7, 11) is 0. The minimum atomic E-state index is 0.736. The van der Waals surface area contributed by atoms with E-state index in [0.717, 1.165) is 17.5 Å². The van der Waals surface area contributed by atoms with Crippen molar-refractivity contribution in [2.75, 3.05) is 0 Å². The first-order valence-corrected chi connectivity index (χ1v) is 3.05. The first-order chi connectivity index (χ1) is 3.29. The average Bonchev–Trinajstić information content (AvgIpc) is 2.46. The van der Waals surface area contributed by atoms with Gasteiger partial charge in [0.25, 0.3) is 0 Å². The SMILES string of the molecule is CCC1(C)C2NC21. The van der Waals surface area contributed by atoms with Crippen molar-refractivity contribution in [1.82, 2.24) is 5.32 Å². The van der Waals surface area contributed by atoms with Crippen LogP contribution in [0.1, 0.15) is 20.3 Å². The summed E-state index contributed by atoms with van der Waals surface area (Å²) < 4.78 is 0. The Labute approximate surface area is 44.1 Å². The van der Waals surface area contributed by atoms with Gasteiger partial charge >= 0.3 is 0 Å². The molecule has 2 rings (SSSR count). The third-order valence-corrected chi connectivity index (χ3v) is 2.66. The van der Waals surface area contributed by atoms with Crippen molar-refractivity contribution in [2.45, 2.75) is 32.4 Å². The van der Waals surface area contributed by atoms with Gasteiger partial charge < -0.3 is 5.32 Å². The highest BCUT2D eigenvalue weighted by atomic mass is 15.3. The highest BCUT2D eigenvalue weighted by molar-refractivity contribution is 5.31. The molecular weight excluding hydrogens is 86.1 g/mol. The van der Waals surface area contributed by atoms with Crippen LogP contribution in [0, 0.1) is 5.41 Å². The van der Waals surface area contributed by atoms with Crippen molar-refractivity contribution in [1.29, 1.82) is 0 Å². The molecule has 1 N–H and O–H groups in total. The van der Waals surface area contributed by atoms with E-state index >= 15 is 0 Å². The van der Waals surface area contributed by atoms with Gasteiger partial charge in [-0.3, -0.25) is 0 Å². The Kier molecular flexibility index (Phi) is 0.419. The van der Waals surface area contributed by atoms with E-state index in [-0.39, 0.29) is 0 Å². The Bertz CT molecular complexity index is 101. The van der Waals surface area contributed by atoms with Crippen LogP contribution in [0.2, 0.25) is 0 Å². The lowest BCUT2D eigenvalue weighted by Crippen LogP contribution is -2.18. The molecule has 40 valence electrons. The van der Waals surface area contributed by atoms with Crippen LogP contribution in [0.25, 0.3) is 0 Å². The molecule has 1 saturated carbocycles. The Balaban J connectivity index is 2.06. The second kappa shape index (κ2) is 0.752. The molecule has 7 heavy (non-hydrogen) atoms. The zero-order chi connectivity index (χ0) is 5.07. The number of hydrogen-bond donors (Lipinski definition) is 1. The number of nitrogens with one attached hydrogen (secondary N) is 1. The van der Waals surface area contributed by atoms with E-state index in [4.69, 9.17) is 0 Å². The summed E-state index contributed by atoms with van der Waals surface area (Å²) in [5.74, 6) is 0. The fourth-order valence-corrected chi connectivity index (χ4v) is 1.43. The predicted molar refractivity (Wildman–Crippen MR) is 29.1 cm³/mol. The van der Waals surface area contributed by atoms with Gasteiger partial charge in [-0.1, -0.05) is 13.8 Å². The fourth-order valence-electron chi connectivity index (χ4n) is 1.43. The van der Waals surface area contributed by atoms with Gasteiger partial charge in [-0.05, 0) is 6.42 Å². The third kappa shape index (κ3) is 0.260. The van der Waals surface area contributed by atoms with Crippen LogP contribution in [0.4, 0.5) is 0 Å². The van der Waals surface area contributed by atoms with Crippen LogP contribution in [0.5, 0.6) is 0 Å². The molecule has 0 radical (unpaired) electrons. The lowest BCUT2D eigenvalue weighted by molar-refractivity contribution is 0.416. The van der Waals surface area contributed by atoms with E-state index in [9.17, 15) is 0 Å². The van der Waals surface area contributed by atoms with E-state index in [1.165, 1.54) is 6.42 Å². The molecule has 1 aliphatic heterocycles. The summed E-state index contributed by atoms with van der Waals surface area (Å²) in [4.78, 5) is 0. The van der Waals surface area contributed by atoms with Crippen molar-refractivity contribution in [3.8, 4) is 0 Å². The molecule has 1 nitrogen and oxygen atoms in total. The minimum Gasteiger partial charge on any atom is -0.307 e. The van der Waals surface area contributed by atoms with Gasteiger partial charge in [-0.2, -0.15) is 0 Å². The molecule has 1 heterocycles. The van der Waals surface area contributed by atoms with Gasteiger partial charge in [-0.25, -0.2) is 0 Å². The molecule has 0 spiro atoms. The average molecular weight is 97.2 g/mol. The van der Waals surface area contributed by atoms with Crippen LogP contribution in [0.15, 0.2) is 0 Å². The summed E-state index contributed by atoms with van der Waals surface area (Å²) in [6.07, 6.45) is 1.36. The minimum absolute atomic E-state index is 0.736. The van der Waals surface area contributed by atoms with Crippen molar-refractivity contribution < 1.29 is 0 Å². The molecule has 2 aliphatic rings. The van der Waals surface area contributed by atoms with Gasteiger partial charge in [0, 0.05) is 17.5 Å². The van der Waals surface area contributed by atoms with Gasteiger partial charge in [0.05, 0.1) is 0 Å². The van der Waals surface area contributed by atoms with E-state index in [1.807, 2.05) is 0 Å². The first-order valence-electron chi connectivity index (χ1n) is 3.05. The van der Waals surface area contributed by atoms with Gasteiger partial charge in [-0.15, -0.1) is 0 Å². The highest BCUT2D eigenvalue weighted by Gasteiger charge is 2.72. The lowest BCUT2D eigenvalue weighted by Gasteiger charge is -2.11. The molecular formula is C6H11N. The van der Waals surface area contributed by atoms with Crippen molar-refractivity contribution in [3.63, 3.8) is 0 Å². The van der Waals surface area contributed by atoms with Crippen LogP contribution in [-0.2, 0) is 0 Å². The first kappa shape index (κ1) is 3.90. The Morgan fingerprint density at radius 2 is 2.14 bits per heavy atom. The maximum absolute atomic E-state index is 3.34. The van der Waals surface area contributed by atoms with Crippen LogP contribution in [-0.4, -0.2) is 12.1 Å². The zero-order valence-electron chi connectivity index (χ0n) is 4.86. The van der Waals surface area contributed by atoms with Crippen LogP contribution in [0.3, 0.4) is 0 Å². The lowest BCUT2D eigenvalue weighted by atomic mass is 10.0. The summed E-state index contributed by atoms with van der Waals surface area (Å²) in [5.41, 5.74) is 0.736. The molecule has 0 aromatic carbocycles. The summed E-state index contributed by atoms with van der Waals surface area (Å²) in [6, 6.07) is 1.86. The number of rotatable bonds is 1. The topological polar surface area (TPSA) is 21.9 Å². The second-order valence-corrected chi connectivity index (χ2v) is 2.98. The standard InChI is InChI=1S/C6H11N/c1-3-6(2)4-5(6)7-4/h4-5,7H,3H2,1-2H3. The molecule has 0 aromatic rings. The number of hydrogen-bond acceptors (Lipinski definition) is 1. The molecule has 2 atom stereocenters. The van der Waals surface area contributed by atoms with E-state index in [2.05, 4.69) is 19.2 Å². The van der Waals surface area contributed by atoms with Crippen LogP contribution < -0.4 is 5.32 Å². The maximum Gasteiger partial charge on any atom is 0.0299 e. The highest BCUT2D eigenvalue weighted by Crippen LogP contribution is 2.59. The van der Waals surface area contributed by atoms with E-state index < -0.39 is 0 Å². The second-order valence-electron chi connectivity index (χ2n) is 2.98. The quantitative estimate of drug-likeness (QED) is 0.479. The molecule has 0 aromatic heterocycles. The van der Waals surface area contributed by atoms with Crippen molar-refractivity contribution in [2.24, 2.45) is 5.41 Å². The van der Waals surface area contributed by atoms with Crippen molar-refractivity contribution >= 4 is 0 Å². The molecule has 1 aliphatic carbocycles. The number of fused-ring (bicyclic) bond motifs is 1. The summed E-state index contributed by atoms with van der Waals surface area (Å²) in [5, 5.41) is 3.34. The summed E-state index contributed by atoms with van der Waals surface area (Å²) >= 11 is 0. The fraction of sp³-hybridized carbons (Fsp3) is 1.00. The molecule has 2 fully saturated rings. The molecule has 0 amide bonds. The monoisotopic (exact) mass is 97.1 g/mol. The predicted octanol–water partition coefficient (Wildman–Crippen LogP) is 0.757. The smallest absolute Gasteiger partial charge is 0.0299 e. The van der Waals surface area contributed by atoms with Crippen LogP contribution >= 0.6 is 0 Å².